The second-order valence-corrected chi connectivity index (χ2v) is 7.40. The minimum Gasteiger partial charge on any atom is -0.494 e. The molecule has 0 saturated heterocycles. The van der Waals surface area contributed by atoms with Crippen molar-refractivity contribution in [2.24, 2.45) is 0 Å². The van der Waals surface area contributed by atoms with Crippen molar-refractivity contribution in [1.29, 1.82) is 0 Å². The van der Waals surface area contributed by atoms with Crippen molar-refractivity contribution in [3.05, 3.63) is 78.1 Å². The van der Waals surface area contributed by atoms with E-state index in [-0.39, 0.29) is 5.91 Å². The van der Waals surface area contributed by atoms with Crippen molar-refractivity contribution in [2.45, 2.75) is 6.54 Å². The first kappa shape index (κ1) is 18.4. The molecule has 0 fully saturated rings. The number of aromatic nitrogens is 4. The van der Waals surface area contributed by atoms with Crippen LogP contribution in [-0.2, 0) is 6.54 Å². The van der Waals surface area contributed by atoms with Crippen molar-refractivity contribution < 1.29 is 9.53 Å². The molecule has 2 aromatic carbocycles. The summed E-state index contributed by atoms with van der Waals surface area (Å²) < 4.78 is 9.17. The molecule has 0 unspecified atom stereocenters. The van der Waals surface area contributed by atoms with Gasteiger partial charge in [-0.1, -0.05) is 23.7 Å². The van der Waals surface area contributed by atoms with Crippen LogP contribution in [0.3, 0.4) is 0 Å². The van der Waals surface area contributed by atoms with Gasteiger partial charge in [0.25, 0.3) is 5.91 Å². The Bertz CT molecular complexity index is 1220. The van der Waals surface area contributed by atoms with E-state index >= 15 is 0 Å². The van der Waals surface area contributed by atoms with Crippen molar-refractivity contribution in [1.82, 2.24) is 19.3 Å². The molecule has 1 aliphatic rings. The highest BCUT2D eigenvalue weighted by atomic mass is 35.5. The maximum absolute atomic E-state index is 13.2. The predicted octanol–water partition coefficient (Wildman–Crippen LogP) is 4.06. The van der Waals surface area contributed by atoms with Crippen LogP contribution in [-0.4, -0.2) is 38.9 Å². The topological polar surface area (TPSA) is 65.2 Å². The first-order chi connectivity index (χ1) is 14.6. The highest BCUT2D eigenvalue weighted by molar-refractivity contribution is 6.30. The summed E-state index contributed by atoms with van der Waals surface area (Å²) in [4.78, 5) is 19.0. The molecule has 1 aliphatic heterocycles. The number of carbonyl (C=O) groups is 1. The lowest BCUT2D eigenvalue weighted by molar-refractivity contribution is 0.0965. The van der Waals surface area contributed by atoms with E-state index in [2.05, 4.69) is 10.1 Å². The van der Waals surface area contributed by atoms with Gasteiger partial charge in [-0.05, 0) is 35.9 Å². The fourth-order valence-electron chi connectivity index (χ4n) is 3.72. The van der Waals surface area contributed by atoms with Gasteiger partial charge in [-0.25, -0.2) is 9.67 Å². The third kappa shape index (κ3) is 3.13. The van der Waals surface area contributed by atoms with Crippen molar-refractivity contribution in [2.75, 3.05) is 18.6 Å². The van der Waals surface area contributed by atoms with Gasteiger partial charge in [0.15, 0.2) is 0 Å². The van der Waals surface area contributed by atoms with Crippen LogP contribution in [0, 0.1) is 0 Å². The Kier molecular flexibility index (Phi) is 4.52. The number of amides is 1. The van der Waals surface area contributed by atoms with Crippen molar-refractivity contribution >= 4 is 23.2 Å². The zero-order valence-corrected chi connectivity index (χ0v) is 17.0. The van der Waals surface area contributed by atoms with Gasteiger partial charge < -0.3 is 14.2 Å². The van der Waals surface area contributed by atoms with E-state index in [9.17, 15) is 4.79 Å². The Morgan fingerprint density at radius 1 is 1.03 bits per heavy atom. The molecule has 0 N–H and O–H groups in total. The smallest absolute Gasteiger partial charge is 0.274 e. The number of fused-ring (bicyclic) bond motifs is 1. The number of carbonyl (C=O) groups excluding carboxylic acids is 1. The summed E-state index contributed by atoms with van der Waals surface area (Å²) in [6.45, 7) is 1.29. The molecule has 5 rings (SSSR count). The molecule has 4 aromatic rings. The molecule has 30 heavy (non-hydrogen) atoms. The van der Waals surface area contributed by atoms with E-state index in [0.717, 1.165) is 22.5 Å². The van der Waals surface area contributed by atoms with Gasteiger partial charge in [-0.3, -0.25) is 4.79 Å². The third-order valence-corrected chi connectivity index (χ3v) is 5.50. The van der Waals surface area contributed by atoms with Crippen LogP contribution in [0.25, 0.3) is 16.8 Å². The zero-order chi connectivity index (χ0) is 20.7. The maximum Gasteiger partial charge on any atom is 0.274 e. The average molecular weight is 420 g/mol. The minimum atomic E-state index is -0.0444. The van der Waals surface area contributed by atoms with Gasteiger partial charge in [0, 0.05) is 41.6 Å². The van der Waals surface area contributed by atoms with Gasteiger partial charge in [-0.2, -0.15) is 5.10 Å². The molecule has 0 spiro atoms. The Labute approximate surface area is 178 Å². The van der Waals surface area contributed by atoms with Crippen LogP contribution in [0.5, 0.6) is 5.75 Å². The number of rotatable bonds is 4. The van der Waals surface area contributed by atoms with Gasteiger partial charge in [0.2, 0.25) is 0 Å². The second kappa shape index (κ2) is 7.35. The first-order valence-corrected chi connectivity index (χ1v) is 9.83. The van der Waals surface area contributed by atoms with Gasteiger partial charge in [0.1, 0.15) is 29.8 Å². The van der Waals surface area contributed by atoms with Crippen LogP contribution in [0.2, 0.25) is 5.02 Å². The lowest BCUT2D eigenvalue weighted by Crippen LogP contribution is -2.39. The number of methoxy groups -OCH3 is 1. The first-order valence-electron chi connectivity index (χ1n) is 9.45. The summed E-state index contributed by atoms with van der Waals surface area (Å²) in [5, 5.41) is 4.84. The van der Waals surface area contributed by atoms with E-state index < -0.39 is 0 Å². The molecule has 0 saturated carbocycles. The molecular formula is C22H18ClN5O2. The SMILES string of the molecule is COc1cc(N2CCn3cc(-c4ccc(Cl)cc4)cc3C2=O)ccc1-n1cncn1. The predicted molar refractivity (Wildman–Crippen MR) is 114 cm³/mol. The number of ether oxygens (including phenoxy) is 1. The Morgan fingerprint density at radius 2 is 1.87 bits per heavy atom. The van der Waals surface area contributed by atoms with Gasteiger partial charge in [0.05, 0.1) is 7.11 Å². The number of hydrogen-bond donors (Lipinski definition) is 0. The third-order valence-electron chi connectivity index (χ3n) is 5.24. The highest BCUT2D eigenvalue weighted by Gasteiger charge is 2.27. The quantitative estimate of drug-likeness (QED) is 0.500. The average Bonchev–Trinajstić information content (AvgIpc) is 3.45. The normalized spacial score (nSPS) is 13.4. The Hall–Kier alpha value is -3.58. The Morgan fingerprint density at radius 3 is 2.60 bits per heavy atom. The van der Waals surface area contributed by atoms with Crippen LogP contribution in [0.4, 0.5) is 5.69 Å². The van der Waals surface area contributed by atoms with Crippen molar-refractivity contribution in [3.8, 4) is 22.6 Å². The molecule has 0 bridgehead atoms. The minimum absolute atomic E-state index is 0.0444. The number of benzene rings is 2. The number of halogens is 1. The van der Waals surface area contributed by atoms with E-state index in [4.69, 9.17) is 16.3 Å². The summed E-state index contributed by atoms with van der Waals surface area (Å²) in [6.07, 6.45) is 5.09. The molecule has 0 radical (unpaired) electrons. The number of nitrogens with zero attached hydrogens (tertiary/aromatic N) is 5. The maximum atomic E-state index is 13.2. The molecule has 1 amide bonds. The lowest BCUT2D eigenvalue weighted by Gasteiger charge is -2.28. The molecule has 3 heterocycles. The Balaban J connectivity index is 1.47. The van der Waals surface area contributed by atoms with Crippen LogP contribution in [0.15, 0.2) is 67.4 Å². The van der Waals surface area contributed by atoms with Crippen LogP contribution >= 0.6 is 11.6 Å². The molecule has 7 nitrogen and oxygen atoms in total. The van der Waals surface area contributed by atoms with E-state index in [0.29, 0.717) is 29.6 Å². The van der Waals surface area contributed by atoms with E-state index in [1.807, 2.05) is 59.3 Å². The van der Waals surface area contributed by atoms with Crippen LogP contribution < -0.4 is 9.64 Å². The summed E-state index contributed by atoms with van der Waals surface area (Å²) in [6, 6.07) is 15.2. The molecule has 8 heteroatoms. The zero-order valence-electron chi connectivity index (χ0n) is 16.2. The monoisotopic (exact) mass is 419 g/mol. The molecule has 0 atom stereocenters. The molecule has 0 aliphatic carbocycles. The standard InChI is InChI=1S/C22H18ClN5O2/c1-30-21-11-18(6-7-19(21)28-14-24-13-25-28)27-9-8-26-12-16(10-20(26)22(27)29)15-2-4-17(23)5-3-15/h2-7,10-14H,8-9H2,1H3. The number of anilines is 1. The van der Waals surface area contributed by atoms with Gasteiger partial charge >= 0.3 is 0 Å². The highest BCUT2D eigenvalue weighted by Crippen LogP contribution is 2.32. The number of hydrogen-bond acceptors (Lipinski definition) is 4. The molecule has 150 valence electrons. The summed E-state index contributed by atoms with van der Waals surface area (Å²) in [5.74, 6) is 0.575. The summed E-state index contributed by atoms with van der Waals surface area (Å²) >= 11 is 5.99. The van der Waals surface area contributed by atoms with E-state index in [1.165, 1.54) is 6.33 Å². The fourth-order valence-corrected chi connectivity index (χ4v) is 3.85. The lowest BCUT2D eigenvalue weighted by atomic mass is 10.1. The van der Waals surface area contributed by atoms with Crippen LogP contribution in [0.1, 0.15) is 10.5 Å². The van der Waals surface area contributed by atoms with E-state index in [1.54, 1.807) is 23.0 Å². The second-order valence-electron chi connectivity index (χ2n) is 6.97. The molecule has 2 aromatic heterocycles. The molecular weight excluding hydrogens is 402 g/mol. The largest absolute Gasteiger partial charge is 0.494 e. The van der Waals surface area contributed by atoms with Gasteiger partial charge in [-0.15, -0.1) is 0 Å². The summed E-state index contributed by atoms with van der Waals surface area (Å²) in [5.41, 5.74) is 4.22. The summed E-state index contributed by atoms with van der Waals surface area (Å²) in [7, 11) is 1.60. The van der Waals surface area contributed by atoms with Crippen molar-refractivity contribution in [3.63, 3.8) is 0 Å². The fraction of sp³-hybridized carbons (Fsp3) is 0.136.